The van der Waals surface area contributed by atoms with Gasteiger partial charge in [0.15, 0.2) is 11.2 Å². The maximum absolute atomic E-state index is 11.4. The molecule has 0 saturated heterocycles. The number of H-pyrrole nitrogens is 2. The Labute approximate surface area is 83.3 Å². The lowest BCUT2D eigenvalue weighted by atomic mass is 10.5. The lowest BCUT2D eigenvalue weighted by Gasteiger charge is -1.97. The molecule has 0 aromatic carbocycles. The van der Waals surface area contributed by atoms with Crippen LogP contribution in [0, 0.1) is 0 Å². The molecule has 0 bridgehead atoms. The number of hydrogen-bond acceptors (Lipinski definition) is 5. The zero-order valence-electron chi connectivity index (χ0n) is 7.52. The first-order valence-corrected chi connectivity index (χ1v) is 4.11. The highest BCUT2D eigenvalue weighted by molar-refractivity contribution is 5.70. The summed E-state index contributed by atoms with van der Waals surface area (Å²) < 4.78 is 0. The summed E-state index contributed by atoms with van der Waals surface area (Å²) >= 11 is 0. The third kappa shape index (κ3) is 1.75. The van der Waals surface area contributed by atoms with Gasteiger partial charge in [-0.1, -0.05) is 0 Å². The molecule has 0 fully saturated rings. The number of anilines is 1. The van der Waals surface area contributed by atoms with E-state index in [4.69, 9.17) is 0 Å². The van der Waals surface area contributed by atoms with Crippen molar-refractivity contribution in [3.63, 3.8) is 0 Å². The molecule has 2 rings (SSSR count). The average Bonchev–Trinajstić information content (AvgIpc) is 2.66. The molecule has 0 aliphatic carbocycles. The molecule has 2 aromatic heterocycles. The molecule has 3 N–H and O–H groups in total. The molecule has 0 amide bonds. The van der Waals surface area contributed by atoms with Crippen LogP contribution < -0.4 is 10.9 Å². The van der Waals surface area contributed by atoms with Gasteiger partial charge < -0.3 is 10.3 Å². The third-order valence-corrected chi connectivity index (χ3v) is 1.69. The van der Waals surface area contributed by atoms with Gasteiger partial charge in [-0.2, -0.15) is 4.98 Å². The number of hydrogen-bond donors (Lipinski definition) is 3. The molecule has 2 aromatic rings. The summed E-state index contributed by atoms with van der Waals surface area (Å²) in [5.74, 6) is 0.234. The van der Waals surface area contributed by atoms with Crippen LogP contribution in [0.5, 0.6) is 0 Å². The highest BCUT2D eigenvalue weighted by Crippen LogP contribution is 2.02. The van der Waals surface area contributed by atoms with Gasteiger partial charge in [-0.25, -0.2) is 4.98 Å². The number of imidazole rings is 1. The van der Waals surface area contributed by atoms with E-state index in [1.807, 2.05) is 0 Å². The monoisotopic (exact) mass is 205 g/mol. The Morgan fingerprint density at radius 3 is 3.13 bits per heavy atom. The Morgan fingerprint density at radius 2 is 2.33 bits per heavy atom. The number of aromatic nitrogens is 4. The normalized spacial score (nSPS) is 10.9. The number of allylic oxidation sites excluding steroid dienone is 1. The van der Waals surface area contributed by atoms with Crippen molar-refractivity contribution in [2.24, 2.45) is 0 Å². The molecule has 0 aliphatic heterocycles. The molecule has 15 heavy (non-hydrogen) atoms. The molecule has 7 heteroatoms. The van der Waals surface area contributed by atoms with Crippen LogP contribution in [0.4, 0.5) is 5.95 Å². The second kappa shape index (κ2) is 3.74. The van der Waals surface area contributed by atoms with Crippen molar-refractivity contribution in [1.82, 2.24) is 19.9 Å². The Morgan fingerprint density at radius 1 is 1.47 bits per heavy atom. The fraction of sp³-hybridized carbons (Fsp3) is 0. The second-order valence-corrected chi connectivity index (χ2v) is 2.66. The van der Waals surface area contributed by atoms with Crippen LogP contribution in [0.1, 0.15) is 0 Å². The number of aromatic amines is 2. The Bertz CT molecular complexity index is 568. The standard InChI is InChI=1S/C8H7N5O2/c14-3-1-2-9-8-12-6-5(7(15)13-8)10-4-11-6/h1-4H,(H3,9,10,11,12,13,15). The van der Waals surface area contributed by atoms with Gasteiger partial charge in [0.05, 0.1) is 6.33 Å². The van der Waals surface area contributed by atoms with Crippen molar-refractivity contribution in [1.29, 1.82) is 0 Å². The maximum Gasteiger partial charge on any atom is 0.278 e. The zero-order chi connectivity index (χ0) is 10.7. The van der Waals surface area contributed by atoms with Crippen LogP contribution in [0.15, 0.2) is 23.4 Å². The molecule has 0 radical (unpaired) electrons. The van der Waals surface area contributed by atoms with Crippen LogP contribution >= 0.6 is 0 Å². The van der Waals surface area contributed by atoms with E-state index < -0.39 is 0 Å². The Hall–Kier alpha value is -2.44. The van der Waals surface area contributed by atoms with Gasteiger partial charge in [0, 0.05) is 6.20 Å². The molecular weight excluding hydrogens is 198 g/mol. The van der Waals surface area contributed by atoms with Crippen LogP contribution in [0.3, 0.4) is 0 Å². The van der Waals surface area contributed by atoms with E-state index in [0.29, 0.717) is 17.5 Å². The van der Waals surface area contributed by atoms with Crippen LogP contribution in [-0.2, 0) is 4.79 Å². The summed E-state index contributed by atoms with van der Waals surface area (Å²) in [7, 11) is 0. The van der Waals surface area contributed by atoms with Crippen molar-refractivity contribution in [2.75, 3.05) is 5.32 Å². The molecule has 0 aliphatic rings. The molecule has 76 valence electrons. The van der Waals surface area contributed by atoms with E-state index in [1.165, 1.54) is 18.6 Å². The van der Waals surface area contributed by atoms with Gasteiger partial charge in [-0.05, 0) is 6.08 Å². The zero-order valence-corrected chi connectivity index (χ0v) is 7.52. The highest BCUT2D eigenvalue weighted by atomic mass is 16.1. The number of carbonyl (C=O) groups is 1. The predicted octanol–water partition coefficient (Wildman–Crippen LogP) is -0.229. The van der Waals surface area contributed by atoms with Crippen LogP contribution in [-0.4, -0.2) is 26.2 Å². The summed E-state index contributed by atoms with van der Waals surface area (Å²) in [5.41, 5.74) is 0.320. The number of aldehydes is 1. The number of fused-ring (bicyclic) bond motifs is 1. The van der Waals surface area contributed by atoms with E-state index in [1.54, 1.807) is 0 Å². The van der Waals surface area contributed by atoms with E-state index >= 15 is 0 Å². The largest absolute Gasteiger partial charge is 0.339 e. The molecule has 0 saturated carbocycles. The fourth-order valence-corrected chi connectivity index (χ4v) is 1.08. The van der Waals surface area contributed by atoms with Crippen molar-refractivity contribution in [3.8, 4) is 0 Å². The minimum absolute atomic E-state index is 0.234. The van der Waals surface area contributed by atoms with Crippen LogP contribution in [0.25, 0.3) is 11.2 Å². The van der Waals surface area contributed by atoms with E-state index in [2.05, 4.69) is 25.3 Å². The van der Waals surface area contributed by atoms with Crippen LogP contribution in [0.2, 0.25) is 0 Å². The third-order valence-electron chi connectivity index (χ3n) is 1.69. The van der Waals surface area contributed by atoms with E-state index in [-0.39, 0.29) is 11.5 Å². The van der Waals surface area contributed by atoms with Gasteiger partial charge in [-0.15, -0.1) is 0 Å². The summed E-state index contributed by atoms with van der Waals surface area (Å²) in [6, 6.07) is 0. The number of nitrogens with one attached hydrogen (secondary N) is 3. The lowest BCUT2D eigenvalue weighted by Crippen LogP contribution is -2.10. The average molecular weight is 205 g/mol. The molecular formula is C8H7N5O2. The highest BCUT2D eigenvalue weighted by Gasteiger charge is 2.03. The number of rotatable bonds is 3. The van der Waals surface area contributed by atoms with Crippen molar-refractivity contribution in [3.05, 3.63) is 29.0 Å². The molecule has 2 heterocycles. The minimum atomic E-state index is -0.320. The molecule has 0 spiro atoms. The molecule has 0 unspecified atom stereocenters. The van der Waals surface area contributed by atoms with Gasteiger partial charge >= 0.3 is 0 Å². The fourth-order valence-electron chi connectivity index (χ4n) is 1.08. The number of carbonyl (C=O) groups excluding carboxylic acids is 1. The maximum atomic E-state index is 11.4. The molecule has 0 atom stereocenters. The first-order chi connectivity index (χ1) is 7.31. The number of nitrogens with zero attached hydrogens (tertiary/aromatic N) is 2. The summed E-state index contributed by atoms with van der Waals surface area (Å²) in [6.45, 7) is 0. The smallest absolute Gasteiger partial charge is 0.278 e. The van der Waals surface area contributed by atoms with Gasteiger partial charge in [0.2, 0.25) is 5.95 Å². The van der Waals surface area contributed by atoms with Gasteiger partial charge in [-0.3, -0.25) is 14.6 Å². The SMILES string of the molecule is O=CC=CNc1nc2nc[nH]c2c(=O)[nH]1. The van der Waals surface area contributed by atoms with Crippen molar-refractivity contribution >= 4 is 23.4 Å². The molecule has 7 nitrogen and oxygen atoms in total. The summed E-state index contributed by atoms with van der Waals surface area (Å²) in [6.07, 6.45) is 4.61. The second-order valence-electron chi connectivity index (χ2n) is 2.66. The quantitative estimate of drug-likeness (QED) is 0.474. The van der Waals surface area contributed by atoms with Gasteiger partial charge in [0.1, 0.15) is 6.29 Å². The first kappa shape index (κ1) is 9.13. The topological polar surface area (TPSA) is 104 Å². The Kier molecular flexibility index (Phi) is 2.28. The Balaban J connectivity index is 2.40. The summed E-state index contributed by atoms with van der Waals surface area (Å²) in [5, 5.41) is 2.64. The lowest BCUT2D eigenvalue weighted by molar-refractivity contribution is -0.104. The van der Waals surface area contributed by atoms with Crippen molar-refractivity contribution < 1.29 is 4.79 Å². The first-order valence-electron chi connectivity index (χ1n) is 4.11. The van der Waals surface area contributed by atoms with E-state index in [9.17, 15) is 9.59 Å². The summed E-state index contributed by atoms with van der Waals surface area (Å²) in [4.78, 5) is 34.4. The van der Waals surface area contributed by atoms with E-state index in [0.717, 1.165) is 0 Å². The minimum Gasteiger partial charge on any atom is -0.339 e. The van der Waals surface area contributed by atoms with Gasteiger partial charge in [0.25, 0.3) is 5.56 Å². The predicted molar refractivity (Wildman–Crippen MR) is 53.3 cm³/mol. The van der Waals surface area contributed by atoms with Crippen molar-refractivity contribution in [2.45, 2.75) is 0 Å².